The summed E-state index contributed by atoms with van der Waals surface area (Å²) in [6.07, 6.45) is 5.52. The van der Waals surface area contributed by atoms with Crippen LogP contribution in [0.2, 0.25) is 0 Å². The Hall–Kier alpha value is -0.0800. The van der Waals surface area contributed by atoms with Gasteiger partial charge in [-0.3, -0.25) is 0 Å². The monoisotopic (exact) mass is 198 g/mol. The second-order valence-electron chi connectivity index (χ2n) is 4.71. The van der Waals surface area contributed by atoms with Crippen LogP contribution in [0.4, 0.5) is 0 Å². The zero-order valence-corrected chi connectivity index (χ0v) is 10.1. The van der Waals surface area contributed by atoms with Crippen molar-refractivity contribution in [3.05, 3.63) is 0 Å². The molecule has 0 heterocycles. The molecule has 0 aromatic rings. The van der Waals surface area contributed by atoms with Gasteiger partial charge in [0.25, 0.3) is 0 Å². The fourth-order valence-electron chi connectivity index (χ4n) is 2.09. The summed E-state index contributed by atoms with van der Waals surface area (Å²) in [6.45, 7) is 8.10. The van der Waals surface area contributed by atoms with Crippen LogP contribution in [-0.4, -0.2) is 37.6 Å². The van der Waals surface area contributed by atoms with E-state index in [-0.39, 0.29) is 0 Å². The fraction of sp³-hybridized carbons (Fsp3) is 1.00. The van der Waals surface area contributed by atoms with Gasteiger partial charge in [-0.2, -0.15) is 0 Å². The van der Waals surface area contributed by atoms with Crippen LogP contribution in [0.15, 0.2) is 0 Å². The van der Waals surface area contributed by atoms with Gasteiger partial charge in [-0.05, 0) is 38.8 Å². The Morgan fingerprint density at radius 3 is 2.57 bits per heavy atom. The highest BCUT2D eigenvalue weighted by Gasteiger charge is 2.23. The minimum absolute atomic E-state index is 0.703. The van der Waals surface area contributed by atoms with Crippen LogP contribution < -0.4 is 5.32 Å². The number of nitrogens with one attached hydrogen (secondary N) is 1. The summed E-state index contributed by atoms with van der Waals surface area (Å²) in [5.41, 5.74) is 0. The van der Waals surface area contributed by atoms with E-state index in [4.69, 9.17) is 0 Å². The third kappa shape index (κ3) is 4.97. The minimum Gasteiger partial charge on any atom is -0.313 e. The van der Waals surface area contributed by atoms with Crippen molar-refractivity contribution in [3.8, 4) is 0 Å². The predicted octanol–water partition coefficient (Wildman–Crippen LogP) is 2.11. The minimum atomic E-state index is 0.703. The first-order valence-corrected chi connectivity index (χ1v) is 6.18. The molecule has 84 valence electrons. The lowest BCUT2D eigenvalue weighted by Gasteiger charge is -2.24. The topological polar surface area (TPSA) is 15.3 Å². The fourth-order valence-corrected chi connectivity index (χ4v) is 2.09. The van der Waals surface area contributed by atoms with Crippen molar-refractivity contribution in [3.63, 3.8) is 0 Å². The number of rotatable bonds is 8. The van der Waals surface area contributed by atoms with Gasteiger partial charge >= 0.3 is 0 Å². The Morgan fingerprint density at radius 1 is 1.36 bits per heavy atom. The van der Waals surface area contributed by atoms with Crippen LogP contribution in [0.3, 0.4) is 0 Å². The Morgan fingerprint density at radius 2 is 2.07 bits per heavy atom. The van der Waals surface area contributed by atoms with Gasteiger partial charge in [0, 0.05) is 19.1 Å². The van der Waals surface area contributed by atoms with E-state index in [1.165, 1.54) is 38.8 Å². The molecule has 14 heavy (non-hydrogen) atoms. The molecule has 0 aliphatic heterocycles. The molecular weight excluding hydrogens is 172 g/mol. The lowest BCUT2D eigenvalue weighted by molar-refractivity contribution is 0.272. The van der Waals surface area contributed by atoms with Gasteiger partial charge in [0.15, 0.2) is 0 Å². The first kappa shape index (κ1) is 12.0. The third-order valence-corrected chi connectivity index (χ3v) is 2.93. The van der Waals surface area contributed by atoms with Crippen molar-refractivity contribution in [1.29, 1.82) is 0 Å². The zero-order valence-electron chi connectivity index (χ0n) is 10.1. The average molecular weight is 198 g/mol. The van der Waals surface area contributed by atoms with Crippen molar-refractivity contribution >= 4 is 0 Å². The number of nitrogens with zero attached hydrogens (tertiary/aromatic N) is 1. The molecule has 2 heteroatoms. The molecule has 0 spiro atoms. The summed E-state index contributed by atoms with van der Waals surface area (Å²) in [5, 5.41) is 3.57. The van der Waals surface area contributed by atoms with Gasteiger partial charge < -0.3 is 10.2 Å². The van der Waals surface area contributed by atoms with E-state index < -0.39 is 0 Å². The van der Waals surface area contributed by atoms with Gasteiger partial charge in [0.2, 0.25) is 0 Å². The van der Waals surface area contributed by atoms with Gasteiger partial charge in [0.1, 0.15) is 0 Å². The maximum Gasteiger partial charge on any atom is 0.0194 e. The lowest BCUT2D eigenvalue weighted by atomic mass is 10.1. The van der Waals surface area contributed by atoms with Crippen LogP contribution in [0.1, 0.15) is 39.5 Å². The van der Waals surface area contributed by atoms with Crippen molar-refractivity contribution in [2.45, 2.75) is 45.6 Å². The Labute approximate surface area is 89.1 Å². The van der Waals surface area contributed by atoms with Crippen molar-refractivity contribution in [1.82, 2.24) is 10.2 Å². The van der Waals surface area contributed by atoms with Crippen LogP contribution in [-0.2, 0) is 0 Å². The van der Waals surface area contributed by atoms with Gasteiger partial charge in [-0.25, -0.2) is 0 Å². The van der Waals surface area contributed by atoms with E-state index in [0.717, 1.165) is 12.5 Å². The van der Waals surface area contributed by atoms with E-state index in [9.17, 15) is 0 Å². The molecule has 0 radical (unpaired) electrons. The summed E-state index contributed by atoms with van der Waals surface area (Å²) in [6, 6.07) is 0.703. The summed E-state index contributed by atoms with van der Waals surface area (Å²) in [5.74, 6) is 1.02. The summed E-state index contributed by atoms with van der Waals surface area (Å²) in [7, 11) is 2.26. The van der Waals surface area contributed by atoms with Gasteiger partial charge in [0.05, 0.1) is 0 Å². The maximum absolute atomic E-state index is 3.57. The molecule has 2 nitrogen and oxygen atoms in total. The van der Waals surface area contributed by atoms with Crippen LogP contribution in [0.25, 0.3) is 0 Å². The average Bonchev–Trinajstić information content (AvgIpc) is 2.89. The molecule has 1 aliphatic rings. The molecule has 1 N–H and O–H groups in total. The normalized spacial score (nSPS) is 18.9. The largest absolute Gasteiger partial charge is 0.313 e. The molecule has 0 aromatic heterocycles. The second kappa shape index (κ2) is 6.41. The first-order valence-electron chi connectivity index (χ1n) is 6.18. The molecular formula is C12H26N2. The molecule has 0 saturated heterocycles. The molecule has 1 saturated carbocycles. The van der Waals surface area contributed by atoms with E-state index in [0.29, 0.717) is 6.04 Å². The van der Waals surface area contributed by atoms with Gasteiger partial charge in [-0.1, -0.05) is 20.3 Å². The number of hydrogen-bond donors (Lipinski definition) is 1. The van der Waals surface area contributed by atoms with Crippen molar-refractivity contribution in [2.75, 3.05) is 26.7 Å². The maximum atomic E-state index is 3.57. The van der Waals surface area contributed by atoms with E-state index >= 15 is 0 Å². The molecule has 1 atom stereocenters. The summed E-state index contributed by atoms with van der Waals surface area (Å²) >= 11 is 0. The lowest BCUT2D eigenvalue weighted by Crippen LogP contribution is -2.40. The molecule has 1 aliphatic carbocycles. The summed E-state index contributed by atoms with van der Waals surface area (Å²) < 4.78 is 0. The molecule has 1 rings (SSSR count). The Kier molecular flexibility index (Phi) is 5.49. The Balaban J connectivity index is 2.14. The third-order valence-electron chi connectivity index (χ3n) is 2.93. The molecule has 0 amide bonds. The van der Waals surface area contributed by atoms with Crippen LogP contribution in [0, 0.1) is 5.92 Å². The van der Waals surface area contributed by atoms with Crippen LogP contribution in [0.5, 0.6) is 0 Å². The van der Waals surface area contributed by atoms with Crippen molar-refractivity contribution in [2.24, 2.45) is 5.92 Å². The quantitative estimate of drug-likeness (QED) is 0.642. The number of hydrogen-bond acceptors (Lipinski definition) is 2. The van der Waals surface area contributed by atoms with Crippen LogP contribution >= 0.6 is 0 Å². The highest BCUT2D eigenvalue weighted by Crippen LogP contribution is 2.29. The van der Waals surface area contributed by atoms with Gasteiger partial charge in [-0.15, -0.1) is 0 Å². The zero-order chi connectivity index (χ0) is 10.4. The van der Waals surface area contributed by atoms with E-state index in [1.807, 2.05) is 0 Å². The number of likely N-dealkylation sites (N-methyl/N-ethyl adjacent to an activating group) is 2. The standard InChI is InChI=1S/C12H26N2/c1-4-6-12(13-5-2)10-14(3)9-11-7-8-11/h11-13H,4-10H2,1-3H3. The molecule has 1 unspecified atom stereocenters. The highest BCUT2D eigenvalue weighted by atomic mass is 15.1. The van der Waals surface area contributed by atoms with Crippen molar-refractivity contribution < 1.29 is 0 Å². The molecule has 0 bridgehead atoms. The smallest absolute Gasteiger partial charge is 0.0194 e. The second-order valence-corrected chi connectivity index (χ2v) is 4.71. The van der Waals surface area contributed by atoms with E-state index in [1.54, 1.807) is 0 Å². The Bertz CT molecular complexity index is 137. The summed E-state index contributed by atoms with van der Waals surface area (Å²) in [4.78, 5) is 2.50. The first-order chi connectivity index (χ1) is 6.76. The SMILES string of the molecule is CCCC(CN(C)CC1CC1)NCC. The highest BCUT2D eigenvalue weighted by molar-refractivity contribution is 4.78. The molecule has 0 aromatic carbocycles. The van der Waals surface area contributed by atoms with E-state index in [2.05, 4.69) is 31.1 Å². The predicted molar refractivity (Wildman–Crippen MR) is 62.6 cm³/mol. The molecule has 1 fully saturated rings.